The highest BCUT2D eigenvalue weighted by Crippen LogP contribution is 2.32. The Bertz CT molecular complexity index is 1360. The zero-order valence-corrected chi connectivity index (χ0v) is 24.1. The van der Waals surface area contributed by atoms with Gasteiger partial charge in [0.15, 0.2) is 11.4 Å². The monoisotopic (exact) mass is 562 g/mol. The number of carbonyl (C=O) groups excluding carboxylic acids is 3. The number of methoxy groups -OCH3 is 3. The van der Waals surface area contributed by atoms with E-state index in [4.69, 9.17) is 23.7 Å². The Hall–Kier alpha value is -4.86. The van der Waals surface area contributed by atoms with Crippen LogP contribution in [0.1, 0.15) is 49.3 Å². The maximum absolute atomic E-state index is 13.1. The summed E-state index contributed by atoms with van der Waals surface area (Å²) in [4.78, 5) is 42.5. The molecule has 0 unspecified atom stereocenters. The van der Waals surface area contributed by atoms with E-state index in [0.29, 0.717) is 22.8 Å². The van der Waals surface area contributed by atoms with Crippen molar-refractivity contribution in [2.75, 3.05) is 21.3 Å². The van der Waals surface area contributed by atoms with Gasteiger partial charge >= 0.3 is 11.9 Å². The lowest BCUT2D eigenvalue weighted by atomic mass is 9.96. The second-order valence-corrected chi connectivity index (χ2v) is 9.27. The highest BCUT2D eigenvalue weighted by molar-refractivity contribution is 5.99. The Labute approximate surface area is 239 Å². The van der Waals surface area contributed by atoms with Crippen LogP contribution < -0.4 is 24.3 Å². The average molecular weight is 563 g/mol. The van der Waals surface area contributed by atoms with Crippen molar-refractivity contribution in [2.45, 2.75) is 33.7 Å². The Morgan fingerprint density at radius 3 is 1.76 bits per heavy atom. The number of hydrogen-bond acceptors (Lipinski definition) is 9. The molecule has 0 aliphatic rings. The highest BCUT2D eigenvalue weighted by Gasteiger charge is 2.26. The number of carbonyl (C=O) groups is 3. The van der Waals surface area contributed by atoms with Crippen molar-refractivity contribution in [1.82, 2.24) is 10.3 Å². The molecular weight excluding hydrogens is 528 g/mol. The molecule has 0 aliphatic heterocycles. The van der Waals surface area contributed by atoms with Crippen LogP contribution in [0.4, 0.5) is 0 Å². The van der Waals surface area contributed by atoms with Gasteiger partial charge in [-0.05, 0) is 49.2 Å². The number of nitrogens with zero attached hydrogens (tertiary/aromatic N) is 1. The van der Waals surface area contributed by atoms with E-state index in [0.717, 1.165) is 11.1 Å². The SMILES string of the molecule is COc1ccc(C(=C(C)OC(=O)[C@H](C)NC(=O)c2nccc(OC)c2OC(=O)C(C)C)c2ccc(OC)cc2)cc1. The quantitative estimate of drug-likeness (QED) is 0.259. The number of allylic oxidation sites excluding steroid dienone is 1. The second-order valence-electron chi connectivity index (χ2n) is 9.27. The van der Waals surface area contributed by atoms with Gasteiger partial charge in [-0.3, -0.25) is 9.59 Å². The van der Waals surface area contributed by atoms with E-state index < -0.39 is 29.8 Å². The van der Waals surface area contributed by atoms with Crippen LogP contribution in [0.25, 0.3) is 5.57 Å². The summed E-state index contributed by atoms with van der Waals surface area (Å²) in [6.45, 7) is 6.47. The van der Waals surface area contributed by atoms with E-state index >= 15 is 0 Å². The summed E-state index contributed by atoms with van der Waals surface area (Å²) in [6.07, 6.45) is 1.34. The molecule has 0 saturated heterocycles. The molecule has 10 heteroatoms. The number of benzene rings is 2. The van der Waals surface area contributed by atoms with Crippen molar-refractivity contribution >= 4 is 23.4 Å². The molecule has 1 N–H and O–H groups in total. The summed E-state index contributed by atoms with van der Waals surface area (Å²) in [5.74, 6) is -0.783. The molecule has 1 aromatic heterocycles. The Morgan fingerprint density at radius 1 is 0.756 bits per heavy atom. The third kappa shape index (κ3) is 7.63. The van der Waals surface area contributed by atoms with Crippen molar-refractivity contribution in [3.63, 3.8) is 0 Å². The van der Waals surface area contributed by atoms with E-state index in [1.165, 1.54) is 26.3 Å². The van der Waals surface area contributed by atoms with Crippen molar-refractivity contribution in [1.29, 1.82) is 0 Å². The molecule has 3 aromatic rings. The second kappa shape index (κ2) is 14.0. The van der Waals surface area contributed by atoms with Crippen molar-refractivity contribution < 1.29 is 38.1 Å². The highest BCUT2D eigenvalue weighted by atomic mass is 16.6. The zero-order valence-electron chi connectivity index (χ0n) is 24.1. The van der Waals surface area contributed by atoms with Gasteiger partial charge in [-0.15, -0.1) is 0 Å². The first kappa shape index (κ1) is 30.7. The summed E-state index contributed by atoms with van der Waals surface area (Å²) >= 11 is 0. The zero-order chi connectivity index (χ0) is 30.1. The van der Waals surface area contributed by atoms with Crippen LogP contribution in [0.15, 0.2) is 66.6 Å². The van der Waals surface area contributed by atoms with Gasteiger partial charge in [-0.25, -0.2) is 9.78 Å². The number of hydrogen-bond donors (Lipinski definition) is 1. The van der Waals surface area contributed by atoms with E-state index in [2.05, 4.69) is 10.3 Å². The van der Waals surface area contributed by atoms with Crippen LogP contribution >= 0.6 is 0 Å². The molecule has 1 atom stereocenters. The number of ether oxygens (including phenoxy) is 5. The lowest BCUT2D eigenvalue weighted by Crippen LogP contribution is -2.40. The fourth-order valence-electron chi connectivity index (χ4n) is 3.77. The third-order valence-electron chi connectivity index (χ3n) is 6.04. The van der Waals surface area contributed by atoms with E-state index in [9.17, 15) is 14.4 Å². The van der Waals surface area contributed by atoms with Crippen LogP contribution in [0, 0.1) is 5.92 Å². The number of pyridine rings is 1. The van der Waals surface area contributed by atoms with Crippen molar-refractivity contribution in [2.24, 2.45) is 5.92 Å². The molecule has 0 spiro atoms. The number of esters is 2. The molecule has 0 fully saturated rings. The fourth-order valence-corrected chi connectivity index (χ4v) is 3.77. The Morgan fingerprint density at radius 2 is 1.29 bits per heavy atom. The number of aromatic nitrogens is 1. The molecule has 1 amide bonds. The van der Waals surface area contributed by atoms with E-state index in [1.807, 2.05) is 48.5 Å². The van der Waals surface area contributed by atoms with Crippen molar-refractivity contribution in [3.05, 3.63) is 83.4 Å². The predicted molar refractivity (Wildman–Crippen MR) is 152 cm³/mol. The minimum Gasteiger partial charge on any atom is -0.497 e. The van der Waals surface area contributed by atoms with Crippen LogP contribution in [-0.2, 0) is 14.3 Å². The van der Waals surface area contributed by atoms with Gasteiger partial charge in [-0.2, -0.15) is 0 Å². The van der Waals surface area contributed by atoms with Crippen molar-refractivity contribution in [3.8, 4) is 23.0 Å². The topological polar surface area (TPSA) is 122 Å². The minimum absolute atomic E-state index is 0.135. The van der Waals surface area contributed by atoms with Crippen LogP contribution in [0.3, 0.4) is 0 Å². The van der Waals surface area contributed by atoms with Crippen LogP contribution in [-0.4, -0.2) is 50.2 Å². The molecule has 1 heterocycles. The van der Waals surface area contributed by atoms with Gasteiger partial charge in [0.25, 0.3) is 5.91 Å². The number of nitrogens with one attached hydrogen (secondary N) is 1. The largest absolute Gasteiger partial charge is 0.497 e. The number of rotatable bonds is 11. The van der Waals surface area contributed by atoms with Gasteiger partial charge in [-0.1, -0.05) is 38.1 Å². The standard InChI is InChI=1S/C31H34N2O8/c1-18(2)30(35)41-28-25(39-7)16-17-32-27(28)29(34)33-19(3)31(36)40-20(4)26(21-8-12-23(37-5)13-9-21)22-10-14-24(38-6)15-11-22/h8-19H,1-7H3,(H,33,34)/t19-/m0/s1. The lowest BCUT2D eigenvalue weighted by molar-refractivity contribution is -0.141. The Balaban J connectivity index is 1.87. The molecule has 41 heavy (non-hydrogen) atoms. The third-order valence-corrected chi connectivity index (χ3v) is 6.04. The number of amides is 1. The molecule has 2 aromatic carbocycles. The first-order valence-corrected chi connectivity index (χ1v) is 12.9. The summed E-state index contributed by atoms with van der Waals surface area (Å²) in [5.41, 5.74) is 2.03. The summed E-state index contributed by atoms with van der Waals surface area (Å²) < 4.78 is 26.9. The van der Waals surface area contributed by atoms with Gasteiger partial charge in [0, 0.05) is 17.8 Å². The normalized spacial score (nSPS) is 11.2. The predicted octanol–water partition coefficient (Wildman–Crippen LogP) is 4.81. The van der Waals surface area contributed by atoms with Crippen LogP contribution in [0.2, 0.25) is 0 Å². The molecule has 10 nitrogen and oxygen atoms in total. The summed E-state index contributed by atoms with van der Waals surface area (Å²) in [5, 5.41) is 2.57. The maximum atomic E-state index is 13.1. The molecule has 0 saturated carbocycles. The summed E-state index contributed by atoms with van der Waals surface area (Å²) in [7, 11) is 4.54. The first-order chi connectivity index (χ1) is 19.6. The summed E-state index contributed by atoms with van der Waals surface area (Å²) in [6, 6.07) is 15.0. The molecule has 0 bridgehead atoms. The average Bonchev–Trinajstić information content (AvgIpc) is 2.97. The van der Waals surface area contributed by atoms with E-state index in [1.54, 1.807) is 35.0 Å². The van der Waals surface area contributed by atoms with Gasteiger partial charge in [0.2, 0.25) is 5.75 Å². The van der Waals surface area contributed by atoms with Gasteiger partial charge < -0.3 is 29.0 Å². The smallest absolute Gasteiger partial charge is 0.333 e. The minimum atomic E-state index is -1.08. The van der Waals surface area contributed by atoms with E-state index in [-0.39, 0.29) is 17.2 Å². The molecule has 0 radical (unpaired) electrons. The van der Waals surface area contributed by atoms with Gasteiger partial charge in [0.05, 0.1) is 27.2 Å². The van der Waals surface area contributed by atoms with Crippen LogP contribution in [0.5, 0.6) is 23.0 Å². The molecule has 3 rings (SSSR count). The molecule has 216 valence electrons. The van der Waals surface area contributed by atoms with Gasteiger partial charge in [0.1, 0.15) is 23.3 Å². The first-order valence-electron chi connectivity index (χ1n) is 12.9. The Kier molecular flexibility index (Phi) is 10.5. The fraction of sp³-hybridized carbons (Fsp3) is 0.290. The molecule has 0 aliphatic carbocycles. The maximum Gasteiger partial charge on any atom is 0.333 e. The lowest BCUT2D eigenvalue weighted by Gasteiger charge is -2.18. The molecular formula is C31H34N2O8.